The summed E-state index contributed by atoms with van der Waals surface area (Å²) in [5.41, 5.74) is 0. The van der Waals surface area contributed by atoms with Crippen LogP contribution in [0.15, 0.2) is 12.2 Å². The van der Waals surface area contributed by atoms with Crippen molar-refractivity contribution in [2.24, 2.45) is 0 Å². The maximum Gasteiger partial charge on any atom is 0.119 e. The van der Waals surface area contributed by atoms with Gasteiger partial charge >= 0.3 is 0 Å². The van der Waals surface area contributed by atoms with Gasteiger partial charge in [0.25, 0.3) is 0 Å². The van der Waals surface area contributed by atoms with Gasteiger partial charge in [0.05, 0.1) is 0 Å². The first-order chi connectivity index (χ1) is 5.41. The number of hydrogen-bond donors (Lipinski definition) is 0. The van der Waals surface area contributed by atoms with E-state index >= 15 is 0 Å². The zero-order valence-corrected chi connectivity index (χ0v) is 7.38. The van der Waals surface area contributed by atoms with Gasteiger partial charge in [-0.05, 0) is 25.7 Å². The lowest BCUT2D eigenvalue weighted by molar-refractivity contribution is -0.107. The number of unbranched alkanes of at least 4 members (excludes halogenated alkanes) is 4. The van der Waals surface area contributed by atoms with Crippen LogP contribution in [-0.2, 0) is 4.79 Å². The Morgan fingerprint density at radius 2 is 1.73 bits per heavy atom. The molecule has 0 bridgehead atoms. The van der Waals surface area contributed by atoms with Crippen LogP contribution in [0.5, 0.6) is 0 Å². The molecule has 1 heteroatoms. The highest BCUT2D eigenvalue weighted by Gasteiger charge is 1.85. The van der Waals surface area contributed by atoms with Crippen molar-refractivity contribution in [1.29, 1.82) is 0 Å². The number of allylic oxidation sites excluding steroid dienone is 2. The standard InChI is InChI=1S/C10H18O/c1-2-3-4-5-6-7-8-9-10-11/h3-4,10H,2,5-9H2,1H3/b4-3+. The molecule has 0 amide bonds. The highest BCUT2D eigenvalue weighted by molar-refractivity contribution is 5.48. The van der Waals surface area contributed by atoms with Crippen LogP contribution in [-0.4, -0.2) is 6.29 Å². The van der Waals surface area contributed by atoms with Crippen molar-refractivity contribution in [2.45, 2.75) is 45.4 Å². The van der Waals surface area contributed by atoms with Gasteiger partial charge in [0, 0.05) is 6.42 Å². The van der Waals surface area contributed by atoms with Crippen LogP contribution in [0.2, 0.25) is 0 Å². The fourth-order valence-electron chi connectivity index (χ4n) is 0.951. The van der Waals surface area contributed by atoms with Gasteiger partial charge in [0.15, 0.2) is 0 Å². The molecule has 11 heavy (non-hydrogen) atoms. The zero-order valence-electron chi connectivity index (χ0n) is 7.38. The van der Waals surface area contributed by atoms with Crippen molar-refractivity contribution >= 4 is 6.29 Å². The molecule has 0 aliphatic carbocycles. The Labute approximate surface area is 69.5 Å². The van der Waals surface area contributed by atoms with E-state index in [0.717, 1.165) is 25.5 Å². The van der Waals surface area contributed by atoms with Crippen LogP contribution in [0.3, 0.4) is 0 Å². The Balaban J connectivity index is 2.90. The molecule has 0 atom stereocenters. The van der Waals surface area contributed by atoms with Crippen LogP contribution in [0.25, 0.3) is 0 Å². The van der Waals surface area contributed by atoms with Gasteiger partial charge in [-0.25, -0.2) is 0 Å². The molecule has 0 aromatic carbocycles. The van der Waals surface area contributed by atoms with Crippen molar-refractivity contribution in [3.63, 3.8) is 0 Å². The fourth-order valence-corrected chi connectivity index (χ4v) is 0.951. The third kappa shape index (κ3) is 9.41. The van der Waals surface area contributed by atoms with Crippen molar-refractivity contribution in [2.75, 3.05) is 0 Å². The first kappa shape index (κ1) is 10.4. The monoisotopic (exact) mass is 154 g/mol. The van der Waals surface area contributed by atoms with Gasteiger partial charge in [0.1, 0.15) is 6.29 Å². The third-order valence-corrected chi connectivity index (χ3v) is 1.60. The molecule has 0 rings (SSSR count). The molecule has 0 aliphatic heterocycles. The highest BCUT2D eigenvalue weighted by Crippen LogP contribution is 2.02. The Hall–Kier alpha value is -0.590. The summed E-state index contributed by atoms with van der Waals surface area (Å²) in [6.07, 6.45) is 11.9. The quantitative estimate of drug-likeness (QED) is 0.313. The maximum absolute atomic E-state index is 9.93. The minimum Gasteiger partial charge on any atom is -0.303 e. The normalized spacial score (nSPS) is 10.6. The lowest BCUT2D eigenvalue weighted by atomic mass is 10.1. The second kappa shape index (κ2) is 9.41. The molecule has 0 heterocycles. The smallest absolute Gasteiger partial charge is 0.119 e. The first-order valence-corrected chi connectivity index (χ1v) is 4.50. The van der Waals surface area contributed by atoms with E-state index in [9.17, 15) is 4.79 Å². The lowest BCUT2D eigenvalue weighted by Gasteiger charge is -1.92. The Kier molecular flexibility index (Phi) is 8.91. The molecule has 64 valence electrons. The zero-order chi connectivity index (χ0) is 8.36. The van der Waals surface area contributed by atoms with Crippen molar-refractivity contribution < 1.29 is 4.79 Å². The molecule has 0 N–H and O–H groups in total. The summed E-state index contributed by atoms with van der Waals surface area (Å²) < 4.78 is 0. The maximum atomic E-state index is 9.93. The van der Waals surface area contributed by atoms with Crippen LogP contribution in [0, 0.1) is 0 Å². The van der Waals surface area contributed by atoms with Gasteiger partial charge in [-0.2, -0.15) is 0 Å². The minimum absolute atomic E-state index is 0.734. The lowest BCUT2D eigenvalue weighted by Crippen LogP contribution is -1.77. The van der Waals surface area contributed by atoms with Gasteiger partial charge in [0.2, 0.25) is 0 Å². The SMILES string of the molecule is CC/C=C/CCCCCC=O. The van der Waals surface area contributed by atoms with E-state index in [1.165, 1.54) is 19.3 Å². The van der Waals surface area contributed by atoms with Crippen LogP contribution < -0.4 is 0 Å². The first-order valence-electron chi connectivity index (χ1n) is 4.50. The third-order valence-electron chi connectivity index (χ3n) is 1.60. The predicted molar refractivity (Wildman–Crippen MR) is 48.6 cm³/mol. The van der Waals surface area contributed by atoms with Crippen LogP contribution in [0.1, 0.15) is 45.4 Å². The largest absolute Gasteiger partial charge is 0.303 e. The summed E-state index contributed by atoms with van der Waals surface area (Å²) in [4.78, 5) is 9.93. The van der Waals surface area contributed by atoms with Crippen molar-refractivity contribution in [3.8, 4) is 0 Å². The van der Waals surface area contributed by atoms with E-state index in [4.69, 9.17) is 0 Å². The summed E-state index contributed by atoms with van der Waals surface area (Å²) in [5.74, 6) is 0. The predicted octanol–water partition coefficient (Wildman–Crippen LogP) is 3.10. The van der Waals surface area contributed by atoms with Gasteiger partial charge in [-0.3, -0.25) is 0 Å². The number of carbonyl (C=O) groups excluding carboxylic acids is 1. The second-order valence-electron chi connectivity index (χ2n) is 2.68. The van der Waals surface area contributed by atoms with Gasteiger partial charge < -0.3 is 4.79 Å². The Bertz CT molecular complexity index is 105. The molecule has 0 fully saturated rings. The number of aldehydes is 1. The topological polar surface area (TPSA) is 17.1 Å². The highest BCUT2D eigenvalue weighted by atomic mass is 16.1. The summed E-state index contributed by atoms with van der Waals surface area (Å²) in [6, 6.07) is 0. The summed E-state index contributed by atoms with van der Waals surface area (Å²) in [6.45, 7) is 2.14. The van der Waals surface area contributed by atoms with E-state index in [1.807, 2.05) is 0 Å². The van der Waals surface area contributed by atoms with Crippen LogP contribution >= 0.6 is 0 Å². The number of hydrogen-bond acceptors (Lipinski definition) is 1. The molecule has 0 aromatic rings. The molecule has 0 saturated heterocycles. The fraction of sp³-hybridized carbons (Fsp3) is 0.700. The van der Waals surface area contributed by atoms with Gasteiger partial charge in [-0.15, -0.1) is 0 Å². The van der Waals surface area contributed by atoms with E-state index in [1.54, 1.807) is 0 Å². The van der Waals surface area contributed by atoms with E-state index in [0.29, 0.717) is 0 Å². The molecule has 0 unspecified atom stereocenters. The van der Waals surface area contributed by atoms with E-state index in [-0.39, 0.29) is 0 Å². The molecular weight excluding hydrogens is 136 g/mol. The molecule has 0 spiro atoms. The molecule has 0 aromatic heterocycles. The molecule has 0 saturated carbocycles. The second-order valence-corrected chi connectivity index (χ2v) is 2.68. The molecule has 0 aliphatic rings. The summed E-state index contributed by atoms with van der Waals surface area (Å²) in [7, 11) is 0. The number of carbonyl (C=O) groups is 1. The summed E-state index contributed by atoms with van der Waals surface area (Å²) >= 11 is 0. The van der Waals surface area contributed by atoms with Crippen molar-refractivity contribution in [1.82, 2.24) is 0 Å². The summed E-state index contributed by atoms with van der Waals surface area (Å²) in [5, 5.41) is 0. The average molecular weight is 154 g/mol. The van der Waals surface area contributed by atoms with Gasteiger partial charge in [-0.1, -0.05) is 25.5 Å². The molecule has 1 nitrogen and oxygen atoms in total. The Morgan fingerprint density at radius 3 is 2.36 bits per heavy atom. The van der Waals surface area contributed by atoms with E-state index in [2.05, 4.69) is 19.1 Å². The average Bonchev–Trinajstić information content (AvgIpc) is 2.03. The molecule has 0 radical (unpaired) electrons. The minimum atomic E-state index is 0.734. The van der Waals surface area contributed by atoms with Crippen LogP contribution in [0.4, 0.5) is 0 Å². The van der Waals surface area contributed by atoms with Crippen molar-refractivity contribution in [3.05, 3.63) is 12.2 Å². The van der Waals surface area contributed by atoms with E-state index < -0.39 is 0 Å². The number of rotatable bonds is 7. The molecular formula is C10H18O. The Morgan fingerprint density at radius 1 is 1.00 bits per heavy atom.